The predicted molar refractivity (Wildman–Crippen MR) is 125 cm³/mol. The van der Waals surface area contributed by atoms with E-state index in [9.17, 15) is 31.6 Å². The molecule has 0 atom stereocenters. The molecule has 0 saturated carbocycles. The molecule has 0 fully saturated rings. The van der Waals surface area contributed by atoms with E-state index in [4.69, 9.17) is 4.74 Å². The summed E-state index contributed by atoms with van der Waals surface area (Å²) in [7, 11) is -2.75. The van der Waals surface area contributed by atoms with Crippen LogP contribution < -0.4 is 21.3 Å². The summed E-state index contributed by atoms with van der Waals surface area (Å²) in [5, 5.41) is 2.49. The van der Waals surface area contributed by atoms with Crippen LogP contribution in [0.25, 0.3) is 6.20 Å². The normalized spacial score (nSPS) is 14.1. The van der Waals surface area contributed by atoms with Gasteiger partial charge in [-0.1, -0.05) is 6.07 Å². The van der Waals surface area contributed by atoms with Gasteiger partial charge < -0.3 is 10.1 Å². The van der Waals surface area contributed by atoms with Crippen molar-refractivity contribution in [3.8, 4) is 5.88 Å². The van der Waals surface area contributed by atoms with Crippen LogP contribution in [0, 0.1) is 18.6 Å². The van der Waals surface area contributed by atoms with Gasteiger partial charge in [-0.3, -0.25) is 18.7 Å². The fourth-order valence-corrected chi connectivity index (χ4v) is 5.20. The molecule has 2 aromatic heterocycles. The van der Waals surface area contributed by atoms with E-state index in [2.05, 4.69) is 10.3 Å². The number of amides is 1. The summed E-state index contributed by atoms with van der Waals surface area (Å²) in [6, 6.07) is 6.10. The van der Waals surface area contributed by atoms with Crippen LogP contribution in [0.4, 0.5) is 8.78 Å². The van der Waals surface area contributed by atoms with Crippen molar-refractivity contribution in [2.75, 3.05) is 7.11 Å². The minimum absolute atomic E-state index is 0.0275. The lowest BCUT2D eigenvalue weighted by Gasteiger charge is -2.21. The standard InChI is InChI=1S/C23H20F2N4O6S/c1-13-18-12-36(33,34)19(21(30)27-9-14-5-6-26-20(8-14)35-2)11-28(18)23(32)29(22(13)31)10-15-3-4-16(24)17(25)7-15/h3-8,11H,9-10,12H2,1-2H3,(H,27,30). The lowest BCUT2D eigenvalue weighted by Crippen LogP contribution is -2.44. The topological polar surface area (TPSA) is 129 Å². The number of methoxy groups -OCH3 is 1. The molecule has 1 N–H and O–H groups in total. The monoisotopic (exact) mass is 518 g/mol. The van der Waals surface area contributed by atoms with Crippen LogP contribution in [0.1, 0.15) is 22.4 Å². The van der Waals surface area contributed by atoms with Gasteiger partial charge in [0.15, 0.2) is 21.5 Å². The van der Waals surface area contributed by atoms with Crippen molar-refractivity contribution in [2.45, 2.75) is 25.8 Å². The highest BCUT2D eigenvalue weighted by atomic mass is 32.2. The molecule has 1 aliphatic heterocycles. The molecule has 1 amide bonds. The van der Waals surface area contributed by atoms with Gasteiger partial charge in [-0.05, 0) is 36.2 Å². The summed E-state index contributed by atoms with van der Waals surface area (Å²) in [5.74, 6) is -3.61. The number of nitrogens with one attached hydrogen (secondary N) is 1. The van der Waals surface area contributed by atoms with Gasteiger partial charge in [0.25, 0.3) is 11.5 Å². The average molecular weight is 518 g/mol. The molecular formula is C23H20F2N4O6S. The van der Waals surface area contributed by atoms with Crippen molar-refractivity contribution >= 4 is 21.9 Å². The second-order valence-electron chi connectivity index (χ2n) is 8.01. The highest BCUT2D eigenvalue weighted by Crippen LogP contribution is 2.22. The lowest BCUT2D eigenvalue weighted by atomic mass is 10.2. The Balaban J connectivity index is 1.72. The number of carbonyl (C=O) groups is 1. The molecule has 3 aromatic rings. The van der Waals surface area contributed by atoms with Crippen LogP contribution in [0.2, 0.25) is 0 Å². The van der Waals surface area contributed by atoms with E-state index in [0.717, 1.165) is 27.5 Å². The Morgan fingerprint density at radius 2 is 1.89 bits per heavy atom. The van der Waals surface area contributed by atoms with Crippen LogP contribution in [-0.2, 0) is 33.5 Å². The van der Waals surface area contributed by atoms with Crippen molar-refractivity contribution in [1.82, 2.24) is 19.4 Å². The van der Waals surface area contributed by atoms with E-state index < -0.39 is 49.3 Å². The molecule has 0 radical (unpaired) electrons. The average Bonchev–Trinajstić information content (AvgIpc) is 2.85. The van der Waals surface area contributed by atoms with E-state index in [-0.39, 0.29) is 29.9 Å². The Morgan fingerprint density at radius 3 is 2.58 bits per heavy atom. The zero-order valence-corrected chi connectivity index (χ0v) is 19.9. The highest BCUT2D eigenvalue weighted by molar-refractivity contribution is 7.95. The van der Waals surface area contributed by atoms with Gasteiger partial charge in [-0.2, -0.15) is 0 Å². The van der Waals surface area contributed by atoms with E-state index in [1.165, 1.54) is 26.3 Å². The molecule has 4 rings (SSSR count). The molecule has 0 saturated heterocycles. The summed E-state index contributed by atoms with van der Waals surface area (Å²) in [4.78, 5) is 42.0. The second-order valence-corrected chi connectivity index (χ2v) is 9.96. The zero-order valence-electron chi connectivity index (χ0n) is 19.1. The number of fused-ring (bicyclic) bond motifs is 1. The van der Waals surface area contributed by atoms with E-state index in [1.54, 1.807) is 12.1 Å². The minimum Gasteiger partial charge on any atom is -0.481 e. The second kappa shape index (κ2) is 9.49. The summed E-state index contributed by atoms with van der Waals surface area (Å²) in [5.41, 5.74) is -1.07. The Morgan fingerprint density at radius 1 is 1.14 bits per heavy atom. The number of hydrogen-bond acceptors (Lipinski definition) is 7. The third kappa shape index (κ3) is 4.69. The lowest BCUT2D eigenvalue weighted by molar-refractivity contribution is -0.116. The number of benzene rings is 1. The number of halogens is 2. The van der Waals surface area contributed by atoms with Gasteiger partial charge >= 0.3 is 5.69 Å². The molecular weight excluding hydrogens is 498 g/mol. The molecule has 36 heavy (non-hydrogen) atoms. The Hall–Kier alpha value is -4.13. The van der Waals surface area contributed by atoms with Crippen molar-refractivity contribution in [3.05, 3.63) is 96.3 Å². The fraction of sp³-hybridized carbons (Fsp3) is 0.217. The number of pyridine rings is 1. The maximum absolute atomic E-state index is 13.6. The largest absolute Gasteiger partial charge is 0.481 e. The first-order valence-electron chi connectivity index (χ1n) is 10.5. The quantitative estimate of drug-likeness (QED) is 0.517. The predicted octanol–water partition coefficient (Wildman–Crippen LogP) is 1.09. The molecule has 13 heteroatoms. The third-order valence-corrected chi connectivity index (χ3v) is 7.26. The number of nitrogens with zero attached hydrogens (tertiary/aromatic N) is 3. The molecule has 3 heterocycles. The van der Waals surface area contributed by atoms with Crippen LogP contribution in [0.5, 0.6) is 5.88 Å². The minimum atomic E-state index is -4.18. The van der Waals surface area contributed by atoms with Crippen LogP contribution in [0.3, 0.4) is 0 Å². The molecule has 1 aromatic carbocycles. The maximum Gasteiger partial charge on any atom is 0.335 e. The molecule has 188 valence electrons. The number of hydrogen-bond donors (Lipinski definition) is 1. The van der Waals surface area contributed by atoms with Gasteiger partial charge in [0, 0.05) is 30.6 Å². The number of ether oxygens (including phenoxy) is 1. The van der Waals surface area contributed by atoms with Crippen molar-refractivity contribution in [1.29, 1.82) is 0 Å². The maximum atomic E-state index is 13.6. The van der Waals surface area contributed by atoms with Crippen LogP contribution in [0.15, 0.2) is 51.0 Å². The first kappa shape index (κ1) is 25.0. The zero-order chi connectivity index (χ0) is 26.2. The summed E-state index contributed by atoms with van der Waals surface area (Å²) < 4.78 is 59.3. The van der Waals surface area contributed by atoms with Gasteiger partial charge in [0.1, 0.15) is 4.91 Å². The molecule has 0 unspecified atom stereocenters. The van der Waals surface area contributed by atoms with E-state index in [0.29, 0.717) is 11.4 Å². The van der Waals surface area contributed by atoms with E-state index in [1.807, 2.05) is 0 Å². The van der Waals surface area contributed by atoms with Gasteiger partial charge in [-0.25, -0.2) is 27.0 Å². The first-order chi connectivity index (χ1) is 17.0. The Labute approximate surface area is 203 Å². The van der Waals surface area contributed by atoms with Crippen LogP contribution >= 0.6 is 0 Å². The van der Waals surface area contributed by atoms with Crippen molar-refractivity contribution in [3.63, 3.8) is 0 Å². The fourth-order valence-electron chi connectivity index (χ4n) is 3.71. The molecule has 0 aliphatic carbocycles. The van der Waals surface area contributed by atoms with Crippen LogP contribution in [-0.4, -0.2) is 35.6 Å². The first-order valence-corrected chi connectivity index (χ1v) is 12.2. The van der Waals surface area contributed by atoms with E-state index >= 15 is 0 Å². The highest BCUT2D eigenvalue weighted by Gasteiger charge is 2.33. The SMILES string of the molecule is COc1cc(CNC(=O)C2=Cn3c(c(C)c(=O)n(Cc4ccc(F)c(F)c4)c3=O)CS2(=O)=O)ccn1. The van der Waals surface area contributed by atoms with Gasteiger partial charge in [-0.15, -0.1) is 0 Å². The summed E-state index contributed by atoms with van der Waals surface area (Å²) in [6.07, 6.45) is 2.33. The van der Waals surface area contributed by atoms with Gasteiger partial charge in [0.2, 0.25) is 5.88 Å². The van der Waals surface area contributed by atoms with Crippen molar-refractivity contribution < 1.29 is 26.7 Å². The van der Waals surface area contributed by atoms with Crippen molar-refractivity contribution in [2.24, 2.45) is 0 Å². The Kier molecular flexibility index (Phi) is 6.59. The number of aromatic nitrogens is 3. The Bertz CT molecular complexity index is 1640. The molecule has 10 nitrogen and oxygen atoms in total. The smallest absolute Gasteiger partial charge is 0.335 e. The molecule has 1 aliphatic rings. The number of sulfone groups is 1. The number of rotatable bonds is 6. The third-order valence-electron chi connectivity index (χ3n) is 5.64. The molecule has 0 bridgehead atoms. The summed E-state index contributed by atoms with van der Waals surface area (Å²) >= 11 is 0. The number of carbonyl (C=O) groups excluding carboxylic acids is 1. The summed E-state index contributed by atoms with van der Waals surface area (Å²) in [6.45, 7) is 0.920. The van der Waals surface area contributed by atoms with Gasteiger partial charge in [0.05, 0.1) is 25.1 Å². The molecule has 0 spiro atoms.